The summed E-state index contributed by atoms with van der Waals surface area (Å²) in [5.74, 6) is 0.614. The molecule has 122 valence electrons. The molecule has 1 fully saturated rings. The lowest BCUT2D eigenvalue weighted by atomic mass is 9.87. The molecule has 2 atom stereocenters. The van der Waals surface area contributed by atoms with E-state index in [-0.39, 0.29) is 17.4 Å². The van der Waals surface area contributed by atoms with E-state index in [9.17, 15) is 4.79 Å². The Labute approximate surface area is 133 Å². The second-order valence-corrected chi connectivity index (χ2v) is 6.91. The fourth-order valence-corrected chi connectivity index (χ4v) is 2.45. The molecule has 1 amide bonds. The average Bonchev–Trinajstić information content (AvgIpc) is 2.97. The normalized spacial score (nSPS) is 19.7. The first-order valence-electron chi connectivity index (χ1n) is 8.03. The summed E-state index contributed by atoms with van der Waals surface area (Å²) in [6.07, 6.45) is 1.74. The van der Waals surface area contributed by atoms with Crippen LogP contribution >= 0.6 is 0 Å². The Kier molecular flexibility index (Phi) is 5.46. The second kappa shape index (κ2) is 7.14. The van der Waals surface area contributed by atoms with Crippen LogP contribution in [0.3, 0.4) is 0 Å². The molecule has 4 heteroatoms. The molecule has 1 saturated heterocycles. The first-order chi connectivity index (χ1) is 10.4. The van der Waals surface area contributed by atoms with E-state index < -0.39 is 6.10 Å². The van der Waals surface area contributed by atoms with Crippen molar-refractivity contribution in [2.75, 3.05) is 13.2 Å². The minimum atomic E-state index is -0.512. The van der Waals surface area contributed by atoms with E-state index in [0.29, 0.717) is 12.3 Å². The predicted octanol–water partition coefficient (Wildman–Crippen LogP) is 3.05. The molecule has 2 rings (SSSR count). The number of benzene rings is 1. The fraction of sp³-hybridized carbons (Fsp3) is 0.611. The third-order valence-corrected chi connectivity index (χ3v) is 3.93. The Morgan fingerprint density at radius 2 is 2.05 bits per heavy atom. The first-order valence-corrected chi connectivity index (χ1v) is 8.03. The minimum absolute atomic E-state index is 0.101. The van der Waals surface area contributed by atoms with Crippen LogP contribution in [-0.2, 0) is 14.9 Å². The van der Waals surface area contributed by atoms with Gasteiger partial charge in [0.2, 0.25) is 0 Å². The van der Waals surface area contributed by atoms with E-state index in [1.165, 1.54) is 5.56 Å². The predicted molar refractivity (Wildman–Crippen MR) is 87.2 cm³/mol. The van der Waals surface area contributed by atoms with E-state index >= 15 is 0 Å². The lowest BCUT2D eigenvalue weighted by molar-refractivity contribution is -0.127. The van der Waals surface area contributed by atoms with Gasteiger partial charge in [-0.2, -0.15) is 0 Å². The number of nitrogens with one attached hydrogen (secondary N) is 1. The SMILES string of the molecule is C[C@@H](Oc1ccc(C(C)(C)C)cc1)C(=O)NC[C@H]1CCCO1. The van der Waals surface area contributed by atoms with Gasteiger partial charge in [0.05, 0.1) is 6.10 Å². The monoisotopic (exact) mass is 305 g/mol. The molecule has 0 saturated carbocycles. The maximum atomic E-state index is 12.0. The van der Waals surface area contributed by atoms with Crippen LogP contribution in [0.4, 0.5) is 0 Å². The largest absolute Gasteiger partial charge is 0.481 e. The highest BCUT2D eigenvalue weighted by molar-refractivity contribution is 5.80. The number of carbonyl (C=O) groups excluding carboxylic acids is 1. The zero-order valence-corrected chi connectivity index (χ0v) is 14.0. The number of hydrogen-bond donors (Lipinski definition) is 1. The highest BCUT2D eigenvalue weighted by Crippen LogP contribution is 2.24. The molecule has 1 aliphatic rings. The lowest BCUT2D eigenvalue weighted by Gasteiger charge is -2.20. The molecule has 22 heavy (non-hydrogen) atoms. The van der Waals surface area contributed by atoms with Crippen LogP contribution in [0, 0.1) is 0 Å². The first kappa shape index (κ1) is 16.8. The molecule has 0 aliphatic carbocycles. The number of carbonyl (C=O) groups is 1. The van der Waals surface area contributed by atoms with E-state index in [4.69, 9.17) is 9.47 Å². The highest BCUT2D eigenvalue weighted by atomic mass is 16.5. The summed E-state index contributed by atoms with van der Waals surface area (Å²) in [4.78, 5) is 12.0. The smallest absolute Gasteiger partial charge is 0.260 e. The molecule has 1 aromatic carbocycles. The Hall–Kier alpha value is -1.55. The molecular formula is C18H27NO3. The molecule has 0 radical (unpaired) electrons. The summed E-state index contributed by atoms with van der Waals surface area (Å²) in [5.41, 5.74) is 1.36. The van der Waals surface area contributed by atoms with Crippen molar-refractivity contribution in [3.8, 4) is 5.75 Å². The summed E-state index contributed by atoms with van der Waals surface area (Å²) >= 11 is 0. The van der Waals surface area contributed by atoms with Crippen LogP contribution in [-0.4, -0.2) is 31.3 Å². The molecule has 0 aromatic heterocycles. The molecule has 1 aromatic rings. The molecule has 1 heterocycles. The zero-order chi connectivity index (χ0) is 16.2. The van der Waals surface area contributed by atoms with Crippen LogP contribution in [0.25, 0.3) is 0 Å². The second-order valence-electron chi connectivity index (χ2n) is 6.91. The Morgan fingerprint density at radius 1 is 1.36 bits per heavy atom. The average molecular weight is 305 g/mol. The van der Waals surface area contributed by atoms with Gasteiger partial charge in [0.25, 0.3) is 5.91 Å². The zero-order valence-electron chi connectivity index (χ0n) is 14.0. The van der Waals surface area contributed by atoms with E-state index in [2.05, 4.69) is 26.1 Å². The maximum Gasteiger partial charge on any atom is 0.260 e. The van der Waals surface area contributed by atoms with Crippen molar-refractivity contribution in [2.24, 2.45) is 0 Å². The van der Waals surface area contributed by atoms with Crippen molar-refractivity contribution >= 4 is 5.91 Å². The van der Waals surface area contributed by atoms with Gasteiger partial charge in [-0.1, -0.05) is 32.9 Å². The summed E-state index contributed by atoms with van der Waals surface area (Å²) in [6.45, 7) is 9.64. The van der Waals surface area contributed by atoms with Gasteiger partial charge < -0.3 is 14.8 Å². The minimum Gasteiger partial charge on any atom is -0.481 e. The fourth-order valence-electron chi connectivity index (χ4n) is 2.45. The van der Waals surface area contributed by atoms with E-state index in [1.807, 2.05) is 24.3 Å². The number of hydrogen-bond acceptors (Lipinski definition) is 3. The number of amides is 1. The van der Waals surface area contributed by atoms with Crippen LogP contribution < -0.4 is 10.1 Å². The highest BCUT2D eigenvalue weighted by Gasteiger charge is 2.20. The lowest BCUT2D eigenvalue weighted by Crippen LogP contribution is -2.40. The van der Waals surface area contributed by atoms with Crippen molar-refractivity contribution in [1.82, 2.24) is 5.32 Å². The van der Waals surface area contributed by atoms with E-state index in [0.717, 1.165) is 19.4 Å². The standard InChI is InChI=1S/C18H27NO3/c1-13(17(20)19-12-16-6-5-11-21-16)22-15-9-7-14(8-10-15)18(2,3)4/h7-10,13,16H,5-6,11-12H2,1-4H3,(H,19,20)/t13-,16-/m1/s1. The Balaban J connectivity index is 1.82. The molecular weight excluding hydrogens is 278 g/mol. The molecule has 1 N–H and O–H groups in total. The van der Waals surface area contributed by atoms with Gasteiger partial charge in [-0.25, -0.2) is 0 Å². The van der Waals surface area contributed by atoms with Crippen molar-refractivity contribution in [1.29, 1.82) is 0 Å². The van der Waals surface area contributed by atoms with Gasteiger partial charge in [0.1, 0.15) is 5.75 Å². The number of rotatable bonds is 5. The quantitative estimate of drug-likeness (QED) is 0.909. The molecule has 1 aliphatic heterocycles. The molecule has 0 spiro atoms. The summed E-state index contributed by atoms with van der Waals surface area (Å²) in [6, 6.07) is 7.94. The maximum absolute atomic E-state index is 12.0. The van der Waals surface area contributed by atoms with Crippen molar-refractivity contribution in [3.63, 3.8) is 0 Å². The molecule has 4 nitrogen and oxygen atoms in total. The summed E-state index contributed by atoms with van der Waals surface area (Å²) in [5, 5.41) is 2.89. The van der Waals surface area contributed by atoms with Gasteiger partial charge in [-0.15, -0.1) is 0 Å². The van der Waals surface area contributed by atoms with Gasteiger partial charge in [-0.3, -0.25) is 4.79 Å². The Morgan fingerprint density at radius 3 is 2.59 bits per heavy atom. The van der Waals surface area contributed by atoms with Crippen molar-refractivity contribution < 1.29 is 14.3 Å². The Bertz CT molecular complexity index is 484. The van der Waals surface area contributed by atoms with Crippen LogP contribution in [0.5, 0.6) is 5.75 Å². The molecule has 0 bridgehead atoms. The molecule has 0 unspecified atom stereocenters. The van der Waals surface area contributed by atoms with Crippen LogP contribution in [0.2, 0.25) is 0 Å². The van der Waals surface area contributed by atoms with Crippen LogP contribution in [0.15, 0.2) is 24.3 Å². The van der Waals surface area contributed by atoms with Gasteiger partial charge >= 0.3 is 0 Å². The topological polar surface area (TPSA) is 47.6 Å². The van der Waals surface area contributed by atoms with Crippen molar-refractivity contribution in [2.45, 2.75) is 58.2 Å². The van der Waals surface area contributed by atoms with Gasteiger partial charge in [0, 0.05) is 13.2 Å². The summed E-state index contributed by atoms with van der Waals surface area (Å²) in [7, 11) is 0. The van der Waals surface area contributed by atoms with Crippen molar-refractivity contribution in [3.05, 3.63) is 29.8 Å². The third kappa shape index (κ3) is 4.73. The van der Waals surface area contributed by atoms with Gasteiger partial charge in [0.15, 0.2) is 6.10 Å². The number of ether oxygens (including phenoxy) is 2. The summed E-state index contributed by atoms with van der Waals surface area (Å²) < 4.78 is 11.2. The van der Waals surface area contributed by atoms with Gasteiger partial charge in [-0.05, 0) is 42.9 Å². The van der Waals surface area contributed by atoms with Crippen LogP contribution in [0.1, 0.15) is 46.1 Å². The third-order valence-electron chi connectivity index (χ3n) is 3.93. The van der Waals surface area contributed by atoms with E-state index in [1.54, 1.807) is 6.92 Å².